The average Bonchev–Trinajstić information content (AvgIpc) is 3.02. The predicted molar refractivity (Wildman–Crippen MR) is 78.0 cm³/mol. The zero-order valence-corrected chi connectivity index (χ0v) is 12.2. The first-order chi connectivity index (χ1) is 10.2. The minimum Gasteiger partial charge on any atom is -0.384 e. The molecule has 21 heavy (non-hydrogen) atoms. The van der Waals surface area contributed by atoms with Crippen LogP contribution in [0.1, 0.15) is 30.2 Å². The van der Waals surface area contributed by atoms with Crippen LogP contribution in [0.25, 0.3) is 0 Å². The van der Waals surface area contributed by atoms with Crippen molar-refractivity contribution < 1.29 is 9.32 Å². The van der Waals surface area contributed by atoms with E-state index in [1.54, 1.807) is 17.2 Å². The summed E-state index contributed by atoms with van der Waals surface area (Å²) in [5.41, 5.74) is 1.30. The molecule has 0 bridgehead atoms. The molecular formula is C14H19N5O2. The largest absolute Gasteiger partial charge is 0.384 e. The van der Waals surface area contributed by atoms with Crippen molar-refractivity contribution in [3.63, 3.8) is 0 Å². The number of anilines is 1. The fourth-order valence-corrected chi connectivity index (χ4v) is 1.95. The third kappa shape index (κ3) is 4.01. The molecule has 2 rings (SSSR count). The molecule has 1 N–H and O–H groups in total. The Morgan fingerprint density at radius 2 is 2.14 bits per heavy atom. The molecule has 2 heterocycles. The summed E-state index contributed by atoms with van der Waals surface area (Å²) >= 11 is 0. The first kappa shape index (κ1) is 15.0. The second kappa shape index (κ2) is 7.37. The molecule has 0 unspecified atom stereocenters. The van der Waals surface area contributed by atoms with Crippen LogP contribution < -0.4 is 5.32 Å². The average molecular weight is 289 g/mol. The van der Waals surface area contributed by atoms with Gasteiger partial charge >= 0.3 is 0 Å². The SMILES string of the molecule is CCN(CC)C(=O)c1cc(NCCc2ncon2)ccn1. The second-order valence-corrected chi connectivity index (χ2v) is 4.43. The highest BCUT2D eigenvalue weighted by atomic mass is 16.5. The molecule has 1 amide bonds. The van der Waals surface area contributed by atoms with Crippen molar-refractivity contribution in [2.24, 2.45) is 0 Å². The first-order valence-electron chi connectivity index (χ1n) is 6.99. The minimum atomic E-state index is -0.0539. The summed E-state index contributed by atoms with van der Waals surface area (Å²) in [4.78, 5) is 22.1. The molecule has 0 aliphatic rings. The highest BCUT2D eigenvalue weighted by Crippen LogP contribution is 2.10. The lowest BCUT2D eigenvalue weighted by Crippen LogP contribution is -2.31. The van der Waals surface area contributed by atoms with Crippen LogP contribution in [0.3, 0.4) is 0 Å². The molecule has 0 radical (unpaired) electrons. The molecule has 0 spiro atoms. The van der Waals surface area contributed by atoms with Crippen LogP contribution in [-0.4, -0.2) is 45.6 Å². The number of nitrogens with one attached hydrogen (secondary N) is 1. The van der Waals surface area contributed by atoms with E-state index < -0.39 is 0 Å². The smallest absolute Gasteiger partial charge is 0.272 e. The molecule has 2 aromatic heterocycles. The number of amides is 1. The van der Waals surface area contributed by atoms with Gasteiger partial charge in [0.15, 0.2) is 5.82 Å². The minimum absolute atomic E-state index is 0.0539. The van der Waals surface area contributed by atoms with Crippen LogP contribution in [0, 0.1) is 0 Å². The molecule has 0 aliphatic heterocycles. The Kier molecular flexibility index (Phi) is 5.25. The number of carbonyl (C=O) groups is 1. The van der Waals surface area contributed by atoms with Gasteiger partial charge in [0.05, 0.1) is 0 Å². The van der Waals surface area contributed by atoms with Gasteiger partial charge in [0, 0.05) is 37.9 Å². The van der Waals surface area contributed by atoms with Gasteiger partial charge in [0.2, 0.25) is 6.39 Å². The number of hydrogen-bond donors (Lipinski definition) is 1. The standard InChI is InChI=1S/C14H19N5O2/c1-3-19(4-2)14(20)12-9-11(5-7-16-12)15-8-6-13-17-10-21-18-13/h5,7,9-10H,3-4,6,8H2,1-2H3,(H,15,16). The van der Waals surface area contributed by atoms with Crippen LogP contribution in [0.2, 0.25) is 0 Å². The third-order valence-corrected chi connectivity index (χ3v) is 3.11. The van der Waals surface area contributed by atoms with E-state index >= 15 is 0 Å². The number of hydrogen-bond acceptors (Lipinski definition) is 6. The van der Waals surface area contributed by atoms with Crippen LogP contribution >= 0.6 is 0 Å². The van der Waals surface area contributed by atoms with Crippen molar-refractivity contribution >= 4 is 11.6 Å². The van der Waals surface area contributed by atoms with Gasteiger partial charge in [-0.3, -0.25) is 9.78 Å². The van der Waals surface area contributed by atoms with Crippen molar-refractivity contribution in [3.05, 3.63) is 36.2 Å². The number of nitrogens with zero attached hydrogens (tertiary/aromatic N) is 4. The Bertz CT molecular complexity index is 567. The molecule has 0 fully saturated rings. The topological polar surface area (TPSA) is 84.2 Å². The highest BCUT2D eigenvalue weighted by Gasteiger charge is 2.14. The van der Waals surface area contributed by atoms with E-state index in [0.717, 1.165) is 5.69 Å². The first-order valence-corrected chi connectivity index (χ1v) is 6.99. The van der Waals surface area contributed by atoms with Crippen LogP contribution in [0.15, 0.2) is 29.2 Å². The lowest BCUT2D eigenvalue weighted by Gasteiger charge is -2.18. The monoisotopic (exact) mass is 289 g/mol. The van der Waals surface area contributed by atoms with E-state index in [1.807, 2.05) is 19.9 Å². The number of pyridine rings is 1. The van der Waals surface area contributed by atoms with Crippen molar-refractivity contribution in [3.8, 4) is 0 Å². The zero-order valence-electron chi connectivity index (χ0n) is 12.2. The summed E-state index contributed by atoms with van der Waals surface area (Å²) in [6.45, 7) is 5.91. The molecule has 112 valence electrons. The lowest BCUT2D eigenvalue weighted by molar-refractivity contribution is 0.0767. The molecule has 0 aliphatic carbocycles. The predicted octanol–water partition coefficient (Wildman–Crippen LogP) is 1.60. The van der Waals surface area contributed by atoms with E-state index in [4.69, 9.17) is 0 Å². The maximum Gasteiger partial charge on any atom is 0.272 e. The molecule has 0 atom stereocenters. The molecule has 0 saturated carbocycles. The molecule has 2 aromatic rings. The van der Waals surface area contributed by atoms with Gasteiger partial charge in [0.1, 0.15) is 5.69 Å². The summed E-state index contributed by atoms with van der Waals surface area (Å²) in [6, 6.07) is 3.59. The summed E-state index contributed by atoms with van der Waals surface area (Å²) < 4.78 is 4.67. The second-order valence-electron chi connectivity index (χ2n) is 4.43. The van der Waals surface area contributed by atoms with Gasteiger partial charge in [-0.2, -0.15) is 4.98 Å². The van der Waals surface area contributed by atoms with E-state index in [0.29, 0.717) is 37.6 Å². The normalized spacial score (nSPS) is 10.4. The Hall–Kier alpha value is -2.44. The number of rotatable bonds is 7. The summed E-state index contributed by atoms with van der Waals surface area (Å²) in [7, 11) is 0. The summed E-state index contributed by atoms with van der Waals surface area (Å²) in [5, 5.41) is 6.96. The van der Waals surface area contributed by atoms with E-state index in [1.165, 1.54) is 6.39 Å². The van der Waals surface area contributed by atoms with Gasteiger partial charge in [0.25, 0.3) is 5.91 Å². The molecule has 0 saturated heterocycles. The fraction of sp³-hybridized carbons (Fsp3) is 0.429. The highest BCUT2D eigenvalue weighted by molar-refractivity contribution is 5.93. The Labute approximate surface area is 123 Å². The van der Waals surface area contributed by atoms with Gasteiger partial charge < -0.3 is 14.7 Å². The van der Waals surface area contributed by atoms with Gasteiger partial charge in [-0.05, 0) is 26.0 Å². The van der Waals surface area contributed by atoms with Gasteiger partial charge in [-0.25, -0.2) is 0 Å². The molecular weight excluding hydrogens is 270 g/mol. The Balaban J connectivity index is 1.95. The number of aromatic nitrogens is 3. The third-order valence-electron chi connectivity index (χ3n) is 3.11. The summed E-state index contributed by atoms with van der Waals surface area (Å²) in [5.74, 6) is 0.595. The van der Waals surface area contributed by atoms with Crippen molar-refractivity contribution in [1.29, 1.82) is 0 Å². The van der Waals surface area contributed by atoms with Crippen LogP contribution in [0.5, 0.6) is 0 Å². The summed E-state index contributed by atoms with van der Waals surface area (Å²) in [6.07, 6.45) is 3.59. The van der Waals surface area contributed by atoms with Gasteiger partial charge in [-0.15, -0.1) is 0 Å². The van der Waals surface area contributed by atoms with Crippen LogP contribution in [0.4, 0.5) is 5.69 Å². The van der Waals surface area contributed by atoms with Gasteiger partial charge in [-0.1, -0.05) is 5.16 Å². The van der Waals surface area contributed by atoms with E-state index in [9.17, 15) is 4.79 Å². The molecule has 0 aromatic carbocycles. The maximum atomic E-state index is 12.2. The van der Waals surface area contributed by atoms with Crippen molar-refractivity contribution in [2.75, 3.05) is 25.0 Å². The lowest BCUT2D eigenvalue weighted by atomic mass is 10.2. The van der Waals surface area contributed by atoms with Crippen LogP contribution in [-0.2, 0) is 6.42 Å². The quantitative estimate of drug-likeness (QED) is 0.833. The molecule has 7 heteroatoms. The Morgan fingerprint density at radius 3 is 2.81 bits per heavy atom. The fourth-order valence-electron chi connectivity index (χ4n) is 1.95. The maximum absolute atomic E-state index is 12.2. The molecule has 7 nitrogen and oxygen atoms in total. The van der Waals surface area contributed by atoms with E-state index in [2.05, 4.69) is 25.0 Å². The zero-order chi connectivity index (χ0) is 15.1. The van der Waals surface area contributed by atoms with Crippen molar-refractivity contribution in [2.45, 2.75) is 20.3 Å². The van der Waals surface area contributed by atoms with E-state index in [-0.39, 0.29) is 5.91 Å². The Morgan fingerprint density at radius 1 is 1.33 bits per heavy atom. The number of carbonyl (C=O) groups excluding carboxylic acids is 1. The van der Waals surface area contributed by atoms with Crippen molar-refractivity contribution in [1.82, 2.24) is 20.0 Å².